The molecular weight excluding hydrogens is 299 g/mol. The van der Waals surface area contributed by atoms with E-state index in [1.165, 1.54) is 14.2 Å². The van der Waals surface area contributed by atoms with E-state index in [1.807, 2.05) is 6.92 Å². The van der Waals surface area contributed by atoms with Crippen LogP contribution in [0.15, 0.2) is 17.0 Å². The van der Waals surface area contributed by atoms with Gasteiger partial charge in [0, 0.05) is 18.7 Å². The maximum Gasteiger partial charge on any atom is 0.243 e. The molecule has 0 amide bonds. The van der Waals surface area contributed by atoms with E-state index < -0.39 is 20.7 Å². The molecule has 1 aromatic rings. The minimum absolute atomic E-state index is 0.0768. The fraction of sp³-hybridized carbons (Fsp3) is 0.538. The Morgan fingerprint density at radius 1 is 1.19 bits per heavy atom. The zero-order valence-corrected chi connectivity index (χ0v) is 13.4. The molecule has 1 aromatic carbocycles. The van der Waals surface area contributed by atoms with Gasteiger partial charge in [0.1, 0.15) is 10.7 Å². The molecule has 0 heterocycles. The van der Waals surface area contributed by atoms with E-state index in [0.29, 0.717) is 6.54 Å². The molecule has 0 aromatic heterocycles. The van der Waals surface area contributed by atoms with Crippen molar-refractivity contribution in [3.8, 4) is 11.5 Å². The molecule has 6 nitrogen and oxygen atoms in total. The number of ether oxygens (including phenoxy) is 2. The topological polar surface area (TPSA) is 76.7 Å². The van der Waals surface area contributed by atoms with E-state index in [4.69, 9.17) is 9.47 Å². The Labute approximate surface area is 124 Å². The Bertz CT molecular complexity index is 578. The van der Waals surface area contributed by atoms with Crippen LogP contribution in [0.3, 0.4) is 0 Å². The molecule has 0 radical (unpaired) electrons. The number of sulfonamides is 1. The minimum atomic E-state index is -3.95. The predicted octanol–water partition coefficient (Wildman–Crippen LogP) is 0.977. The summed E-state index contributed by atoms with van der Waals surface area (Å²) in [6, 6.07) is 2.10. The average Bonchev–Trinajstić information content (AvgIpc) is 2.45. The van der Waals surface area contributed by atoms with Crippen LogP contribution in [0.25, 0.3) is 0 Å². The van der Waals surface area contributed by atoms with Crippen molar-refractivity contribution in [1.29, 1.82) is 0 Å². The standard InChI is InChI=1S/C13H21FN2O4S/c1-9(7-15-2)8-16-21(17,18)13-6-12(20-4)11(19-3)5-10(13)14/h5-6,9,15-16H,7-8H2,1-4H3. The number of benzene rings is 1. The van der Waals surface area contributed by atoms with Crippen molar-refractivity contribution < 1.29 is 22.3 Å². The third-order valence-corrected chi connectivity index (χ3v) is 4.34. The maximum atomic E-state index is 14.0. The van der Waals surface area contributed by atoms with Crippen LogP contribution in [0.5, 0.6) is 11.5 Å². The van der Waals surface area contributed by atoms with E-state index in [0.717, 1.165) is 12.1 Å². The van der Waals surface area contributed by atoms with Crippen LogP contribution >= 0.6 is 0 Å². The number of methoxy groups -OCH3 is 2. The van der Waals surface area contributed by atoms with Crippen molar-refractivity contribution in [1.82, 2.24) is 10.0 Å². The van der Waals surface area contributed by atoms with Gasteiger partial charge in [-0.15, -0.1) is 0 Å². The summed E-state index contributed by atoms with van der Waals surface area (Å²) in [5.74, 6) is -0.519. The smallest absolute Gasteiger partial charge is 0.243 e. The van der Waals surface area contributed by atoms with Gasteiger partial charge in [-0.3, -0.25) is 0 Å². The molecule has 0 aliphatic rings. The van der Waals surface area contributed by atoms with Crippen molar-refractivity contribution in [2.45, 2.75) is 11.8 Å². The minimum Gasteiger partial charge on any atom is -0.493 e. The van der Waals surface area contributed by atoms with Gasteiger partial charge in [0.25, 0.3) is 0 Å². The first-order chi connectivity index (χ1) is 9.85. The molecule has 0 saturated carbocycles. The average molecular weight is 320 g/mol. The molecule has 8 heteroatoms. The van der Waals surface area contributed by atoms with Gasteiger partial charge in [-0.1, -0.05) is 6.92 Å². The molecule has 2 N–H and O–H groups in total. The Balaban J connectivity index is 3.02. The van der Waals surface area contributed by atoms with Crippen LogP contribution in [0.4, 0.5) is 4.39 Å². The van der Waals surface area contributed by atoms with Crippen molar-refractivity contribution in [2.75, 3.05) is 34.4 Å². The summed E-state index contributed by atoms with van der Waals surface area (Å²) >= 11 is 0. The Morgan fingerprint density at radius 3 is 2.29 bits per heavy atom. The molecule has 0 bridgehead atoms. The van der Waals surface area contributed by atoms with E-state index in [9.17, 15) is 12.8 Å². The zero-order valence-electron chi connectivity index (χ0n) is 12.6. The molecule has 0 saturated heterocycles. The monoisotopic (exact) mass is 320 g/mol. The van der Waals surface area contributed by atoms with E-state index in [1.54, 1.807) is 7.05 Å². The molecule has 0 aliphatic carbocycles. The summed E-state index contributed by atoms with van der Waals surface area (Å²) in [5, 5.41) is 2.94. The number of rotatable bonds is 8. The quantitative estimate of drug-likeness (QED) is 0.746. The lowest BCUT2D eigenvalue weighted by Crippen LogP contribution is -2.32. The molecule has 0 aliphatic heterocycles. The molecule has 21 heavy (non-hydrogen) atoms. The number of halogens is 1. The first kappa shape index (κ1) is 17.7. The molecule has 1 atom stereocenters. The molecule has 1 unspecified atom stereocenters. The van der Waals surface area contributed by atoms with Crippen molar-refractivity contribution >= 4 is 10.0 Å². The van der Waals surface area contributed by atoms with Crippen molar-refractivity contribution in [2.24, 2.45) is 5.92 Å². The van der Waals surface area contributed by atoms with Gasteiger partial charge in [-0.05, 0) is 19.5 Å². The lowest BCUT2D eigenvalue weighted by Gasteiger charge is -2.14. The number of nitrogens with one attached hydrogen (secondary N) is 2. The second kappa shape index (κ2) is 7.58. The highest BCUT2D eigenvalue weighted by Crippen LogP contribution is 2.31. The summed E-state index contributed by atoms with van der Waals surface area (Å²) in [7, 11) is 0.533. The normalized spacial score (nSPS) is 13.0. The third-order valence-electron chi connectivity index (χ3n) is 2.90. The summed E-state index contributed by atoms with van der Waals surface area (Å²) in [6.45, 7) is 2.73. The molecule has 0 spiro atoms. The highest BCUT2D eigenvalue weighted by Gasteiger charge is 2.22. The van der Waals surface area contributed by atoms with Crippen LogP contribution in [-0.2, 0) is 10.0 Å². The second-order valence-electron chi connectivity index (χ2n) is 4.65. The number of hydrogen-bond donors (Lipinski definition) is 2. The Kier molecular flexibility index (Phi) is 6.38. The molecule has 0 fully saturated rings. The summed E-state index contributed by atoms with van der Waals surface area (Å²) in [5.41, 5.74) is 0. The first-order valence-corrected chi connectivity index (χ1v) is 7.89. The van der Waals surface area contributed by atoms with Gasteiger partial charge in [-0.2, -0.15) is 0 Å². The van der Waals surface area contributed by atoms with E-state index in [-0.39, 0.29) is 24.0 Å². The summed E-state index contributed by atoms with van der Waals surface area (Å²) in [4.78, 5) is -0.461. The predicted molar refractivity (Wildman–Crippen MR) is 77.8 cm³/mol. The van der Waals surface area contributed by atoms with Crippen LogP contribution in [-0.4, -0.2) is 42.8 Å². The fourth-order valence-corrected chi connectivity index (χ4v) is 3.03. The van der Waals surface area contributed by atoms with Gasteiger partial charge in [0.2, 0.25) is 10.0 Å². The second-order valence-corrected chi connectivity index (χ2v) is 6.39. The lowest BCUT2D eigenvalue weighted by molar-refractivity contribution is 0.350. The van der Waals surface area contributed by atoms with Gasteiger partial charge in [0.15, 0.2) is 11.5 Å². The molecule has 1 rings (SSSR count). The van der Waals surface area contributed by atoms with Crippen LogP contribution in [0.2, 0.25) is 0 Å². The maximum absolute atomic E-state index is 14.0. The van der Waals surface area contributed by atoms with E-state index in [2.05, 4.69) is 10.0 Å². The largest absolute Gasteiger partial charge is 0.493 e. The zero-order chi connectivity index (χ0) is 16.0. The number of hydrogen-bond acceptors (Lipinski definition) is 5. The molecular formula is C13H21FN2O4S. The fourth-order valence-electron chi connectivity index (χ4n) is 1.79. The van der Waals surface area contributed by atoms with Gasteiger partial charge in [0.05, 0.1) is 14.2 Å². The third kappa shape index (κ3) is 4.55. The van der Waals surface area contributed by atoms with Gasteiger partial charge >= 0.3 is 0 Å². The van der Waals surface area contributed by atoms with E-state index >= 15 is 0 Å². The van der Waals surface area contributed by atoms with Crippen LogP contribution in [0.1, 0.15) is 6.92 Å². The highest BCUT2D eigenvalue weighted by atomic mass is 32.2. The van der Waals surface area contributed by atoms with Gasteiger partial charge in [-0.25, -0.2) is 17.5 Å². The van der Waals surface area contributed by atoms with Crippen LogP contribution in [0, 0.1) is 11.7 Å². The van der Waals surface area contributed by atoms with Crippen molar-refractivity contribution in [3.05, 3.63) is 17.9 Å². The summed E-state index contributed by atoms with van der Waals surface area (Å²) in [6.07, 6.45) is 0. The Morgan fingerprint density at radius 2 is 1.76 bits per heavy atom. The van der Waals surface area contributed by atoms with Crippen LogP contribution < -0.4 is 19.5 Å². The first-order valence-electron chi connectivity index (χ1n) is 6.41. The highest BCUT2D eigenvalue weighted by molar-refractivity contribution is 7.89. The lowest BCUT2D eigenvalue weighted by atomic mass is 10.2. The van der Waals surface area contributed by atoms with Gasteiger partial charge < -0.3 is 14.8 Å². The van der Waals surface area contributed by atoms with Crippen molar-refractivity contribution in [3.63, 3.8) is 0 Å². The summed E-state index contributed by atoms with van der Waals surface area (Å²) < 4.78 is 50.6. The SMILES string of the molecule is CNCC(C)CNS(=O)(=O)c1cc(OC)c(OC)cc1F. The molecule has 120 valence electrons. The Hall–Kier alpha value is -1.38.